The van der Waals surface area contributed by atoms with Crippen molar-refractivity contribution in [3.05, 3.63) is 11.7 Å². The quantitative estimate of drug-likeness (QED) is 0.848. The summed E-state index contributed by atoms with van der Waals surface area (Å²) in [5.41, 5.74) is 5.59. The molecule has 1 aliphatic rings. The first-order chi connectivity index (χ1) is 7.48. The van der Waals surface area contributed by atoms with E-state index >= 15 is 0 Å². The average Bonchev–Trinajstić information content (AvgIpc) is 2.66. The third-order valence-electron chi connectivity index (χ3n) is 2.93. The van der Waals surface area contributed by atoms with Gasteiger partial charge < -0.3 is 10.3 Å². The second kappa shape index (κ2) is 4.08. The molecule has 1 atom stereocenters. The van der Waals surface area contributed by atoms with Gasteiger partial charge in [-0.2, -0.15) is 4.98 Å². The van der Waals surface area contributed by atoms with Crippen molar-refractivity contribution in [2.24, 2.45) is 5.73 Å². The molecule has 1 heterocycles. The van der Waals surface area contributed by atoms with Crippen LogP contribution in [0.1, 0.15) is 56.3 Å². The number of alkyl halides is 2. The van der Waals surface area contributed by atoms with Crippen LogP contribution in [-0.4, -0.2) is 16.1 Å². The Bertz CT molecular complexity index is 355. The van der Waals surface area contributed by atoms with Gasteiger partial charge in [0.2, 0.25) is 11.8 Å². The summed E-state index contributed by atoms with van der Waals surface area (Å²) in [5, 5.41) is 3.73. The van der Waals surface area contributed by atoms with Gasteiger partial charge in [0.15, 0.2) is 5.82 Å². The number of hydrogen-bond donors (Lipinski definition) is 1. The topological polar surface area (TPSA) is 64.9 Å². The molecule has 1 fully saturated rings. The first-order valence-corrected chi connectivity index (χ1v) is 5.45. The van der Waals surface area contributed by atoms with Crippen LogP contribution in [0.5, 0.6) is 0 Å². The van der Waals surface area contributed by atoms with Gasteiger partial charge in [0.1, 0.15) is 0 Å². The van der Waals surface area contributed by atoms with Crippen molar-refractivity contribution in [1.29, 1.82) is 0 Å². The number of rotatable bonds is 2. The van der Waals surface area contributed by atoms with Crippen molar-refractivity contribution in [3.63, 3.8) is 0 Å². The van der Waals surface area contributed by atoms with Gasteiger partial charge in [-0.05, 0) is 19.8 Å². The molecule has 0 radical (unpaired) electrons. The van der Waals surface area contributed by atoms with Crippen LogP contribution in [0.15, 0.2) is 4.52 Å². The highest BCUT2D eigenvalue weighted by atomic mass is 19.3. The van der Waals surface area contributed by atoms with E-state index in [1.807, 2.05) is 0 Å². The molecule has 1 aromatic rings. The Morgan fingerprint density at radius 3 is 2.56 bits per heavy atom. The maximum Gasteiger partial charge on any atom is 0.248 e. The van der Waals surface area contributed by atoms with Gasteiger partial charge in [0.05, 0.1) is 6.04 Å². The van der Waals surface area contributed by atoms with E-state index in [2.05, 4.69) is 10.1 Å². The van der Waals surface area contributed by atoms with Crippen LogP contribution in [0.25, 0.3) is 0 Å². The Morgan fingerprint density at radius 1 is 1.44 bits per heavy atom. The SMILES string of the molecule is CC(N)c1noc(C2CCC(F)(F)CC2)n1. The van der Waals surface area contributed by atoms with Crippen molar-refractivity contribution in [3.8, 4) is 0 Å². The normalized spacial score (nSPS) is 23.2. The number of hydrogen-bond acceptors (Lipinski definition) is 4. The molecule has 0 aliphatic heterocycles. The van der Waals surface area contributed by atoms with E-state index in [-0.39, 0.29) is 24.8 Å². The highest BCUT2D eigenvalue weighted by Gasteiger charge is 2.37. The molecule has 2 rings (SSSR count). The zero-order chi connectivity index (χ0) is 11.8. The molecular formula is C10H15F2N3O. The van der Waals surface area contributed by atoms with E-state index in [1.165, 1.54) is 0 Å². The van der Waals surface area contributed by atoms with Gasteiger partial charge >= 0.3 is 0 Å². The molecule has 6 heteroatoms. The van der Waals surface area contributed by atoms with Gasteiger partial charge in [-0.3, -0.25) is 0 Å². The molecule has 0 aromatic carbocycles. The van der Waals surface area contributed by atoms with E-state index in [1.54, 1.807) is 6.92 Å². The van der Waals surface area contributed by atoms with Gasteiger partial charge in [0, 0.05) is 18.8 Å². The van der Waals surface area contributed by atoms with Crippen LogP contribution in [0, 0.1) is 0 Å². The Morgan fingerprint density at radius 2 is 2.06 bits per heavy atom. The Balaban J connectivity index is 2.03. The second-order valence-corrected chi connectivity index (χ2v) is 4.41. The molecule has 0 amide bonds. The first-order valence-electron chi connectivity index (χ1n) is 5.45. The largest absolute Gasteiger partial charge is 0.339 e. The number of nitrogens with two attached hydrogens (primary N) is 1. The summed E-state index contributed by atoms with van der Waals surface area (Å²) in [6.45, 7) is 1.75. The van der Waals surface area contributed by atoms with Crippen molar-refractivity contribution in [2.45, 2.75) is 50.5 Å². The second-order valence-electron chi connectivity index (χ2n) is 4.41. The number of nitrogens with zero attached hydrogens (tertiary/aromatic N) is 2. The zero-order valence-corrected chi connectivity index (χ0v) is 9.12. The minimum Gasteiger partial charge on any atom is -0.339 e. The summed E-state index contributed by atoms with van der Waals surface area (Å²) in [4.78, 5) is 4.13. The summed E-state index contributed by atoms with van der Waals surface area (Å²) >= 11 is 0. The lowest BCUT2D eigenvalue weighted by molar-refractivity contribution is -0.0402. The molecule has 1 aromatic heterocycles. The fourth-order valence-electron chi connectivity index (χ4n) is 1.89. The van der Waals surface area contributed by atoms with Crippen LogP contribution < -0.4 is 5.73 Å². The zero-order valence-electron chi connectivity index (χ0n) is 9.12. The Kier molecular flexibility index (Phi) is 2.92. The minimum atomic E-state index is -2.53. The molecule has 1 saturated carbocycles. The summed E-state index contributed by atoms with van der Waals surface area (Å²) in [6, 6.07) is -0.289. The average molecular weight is 231 g/mol. The van der Waals surface area contributed by atoms with Crippen LogP contribution in [-0.2, 0) is 0 Å². The smallest absolute Gasteiger partial charge is 0.248 e. The molecule has 0 saturated heterocycles. The van der Waals surface area contributed by atoms with Crippen LogP contribution in [0.3, 0.4) is 0 Å². The predicted octanol–water partition coefficient (Wildman–Crippen LogP) is 2.38. The van der Waals surface area contributed by atoms with E-state index in [0.29, 0.717) is 24.6 Å². The fraction of sp³-hybridized carbons (Fsp3) is 0.800. The monoisotopic (exact) mass is 231 g/mol. The third kappa shape index (κ3) is 2.37. The highest BCUT2D eigenvalue weighted by Crippen LogP contribution is 2.40. The maximum atomic E-state index is 12.9. The van der Waals surface area contributed by atoms with Crippen molar-refractivity contribution in [2.75, 3.05) is 0 Å². The van der Waals surface area contributed by atoms with Gasteiger partial charge in [-0.15, -0.1) is 0 Å². The van der Waals surface area contributed by atoms with E-state index < -0.39 is 5.92 Å². The van der Waals surface area contributed by atoms with Gasteiger partial charge in [-0.1, -0.05) is 5.16 Å². The van der Waals surface area contributed by atoms with Crippen LogP contribution in [0.4, 0.5) is 8.78 Å². The minimum absolute atomic E-state index is 0.0420. The highest BCUT2D eigenvalue weighted by molar-refractivity contribution is 4.99. The summed E-state index contributed by atoms with van der Waals surface area (Å²) in [7, 11) is 0. The lowest BCUT2D eigenvalue weighted by atomic mass is 9.87. The van der Waals surface area contributed by atoms with Crippen molar-refractivity contribution >= 4 is 0 Å². The lowest BCUT2D eigenvalue weighted by Crippen LogP contribution is -2.23. The molecule has 16 heavy (non-hydrogen) atoms. The molecule has 4 nitrogen and oxygen atoms in total. The molecule has 1 unspecified atom stereocenters. The van der Waals surface area contributed by atoms with E-state index in [4.69, 9.17) is 10.3 Å². The predicted molar refractivity (Wildman–Crippen MR) is 53.1 cm³/mol. The van der Waals surface area contributed by atoms with Crippen LogP contribution in [0.2, 0.25) is 0 Å². The standard InChI is InChI=1S/C10H15F2N3O/c1-6(13)8-14-9(16-15-8)7-2-4-10(11,12)5-3-7/h6-7H,2-5,13H2,1H3. The van der Waals surface area contributed by atoms with Gasteiger partial charge in [0.25, 0.3) is 0 Å². The molecule has 0 bridgehead atoms. The summed E-state index contributed by atoms with van der Waals surface area (Å²) in [6.07, 6.45) is 0.586. The molecule has 0 spiro atoms. The van der Waals surface area contributed by atoms with Gasteiger partial charge in [-0.25, -0.2) is 8.78 Å². The summed E-state index contributed by atoms with van der Waals surface area (Å²) < 4.78 is 30.9. The Labute approximate surface area is 92.2 Å². The number of halogens is 2. The van der Waals surface area contributed by atoms with E-state index in [0.717, 1.165) is 0 Å². The molecular weight excluding hydrogens is 216 g/mol. The molecule has 90 valence electrons. The van der Waals surface area contributed by atoms with Crippen molar-refractivity contribution < 1.29 is 13.3 Å². The molecule has 1 aliphatic carbocycles. The molecule has 2 N–H and O–H groups in total. The van der Waals surface area contributed by atoms with E-state index in [9.17, 15) is 8.78 Å². The Hall–Kier alpha value is -1.04. The van der Waals surface area contributed by atoms with Crippen molar-refractivity contribution in [1.82, 2.24) is 10.1 Å². The van der Waals surface area contributed by atoms with Crippen LogP contribution >= 0.6 is 0 Å². The third-order valence-corrected chi connectivity index (χ3v) is 2.93. The summed E-state index contributed by atoms with van der Waals surface area (Å²) in [5.74, 6) is -1.68. The first kappa shape index (κ1) is 11.4. The number of aromatic nitrogens is 2. The lowest BCUT2D eigenvalue weighted by Gasteiger charge is -2.25. The maximum absolute atomic E-state index is 12.9. The fourth-order valence-corrected chi connectivity index (χ4v) is 1.89.